The third kappa shape index (κ3) is 6.38. The molecule has 0 saturated carbocycles. The van der Waals surface area contributed by atoms with Gasteiger partial charge in [-0.05, 0) is 42.5 Å². The summed E-state index contributed by atoms with van der Waals surface area (Å²) in [5.41, 5.74) is 7.76. The Bertz CT molecular complexity index is 805. The number of nitrogens with one attached hydrogen (secondary N) is 1. The van der Waals surface area contributed by atoms with Crippen LogP contribution < -0.4 is 25.4 Å². The lowest BCUT2D eigenvalue weighted by Crippen LogP contribution is -2.33. The van der Waals surface area contributed by atoms with Gasteiger partial charge in [-0.3, -0.25) is 0 Å². The lowest BCUT2D eigenvalue weighted by molar-refractivity contribution is 0.405. The Morgan fingerprint density at radius 2 is 1.97 bits per heavy atom. The van der Waals surface area contributed by atoms with Gasteiger partial charge < -0.3 is 25.4 Å². The molecule has 2 heterocycles. The number of pyridine rings is 1. The molecule has 3 rings (SSSR count). The van der Waals surface area contributed by atoms with Crippen LogP contribution in [0.2, 0.25) is 0 Å². The number of hydrogen-bond acceptors (Lipinski definition) is 5. The van der Waals surface area contributed by atoms with Crippen molar-refractivity contribution >= 4 is 41.4 Å². The summed E-state index contributed by atoms with van der Waals surface area (Å²) in [6, 6.07) is 9.59. The van der Waals surface area contributed by atoms with E-state index in [0.29, 0.717) is 29.7 Å². The molecule has 1 aliphatic heterocycles. The van der Waals surface area contributed by atoms with Crippen molar-refractivity contribution in [1.82, 2.24) is 4.98 Å². The molecule has 3 N–H and O–H groups in total. The maximum atomic E-state index is 6.04. The molecule has 8 heteroatoms. The van der Waals surface area contributed by atoms with Gasteiger partial charge in [0.2, 0.25) is 0 Å². The van der Waals surface area contributed by atoms with Crippen LogP contribution in [0.3, 0.4) is 0 Å². The molecule has 7 nitrogen and oxygen atoms in total. The highest BCUT2D eigenvalue weighted by Crippen LogP contribution is 2.28. The average Bonchev–Trinajstić information content (AvgIpc) is 2.73. The first-order valence-electron chi connectivity index (χ1n) is 9.58. The Balaban J connectivity index is 0.00000300. The number of aliphatic imine (C=N–C) groups is 1. The summed E-state index contributed by atoms with van der Waals surface area (Å²) in [7, 11) is 3.22. The van der Waals surface area contributed by atoms with Crippen molar-refractivity contribution in [3.63, 3.8) is 0 Å². The highest BCUT2D eigenvalue weighted by Gasteiger charge is 2.16. The van der Waals surface area contributed by atoms with Gasteiger partial charge in [-0.2, -0.15) is 0 Å². The van der Waals surface area contributed by atoms with Gasteiger partial charge in [0.05, 0.1) is 26.5 Å². The van der Waals surface area contributed by atoms with Crippen LogP contribution in [0.4, 0.5) is 11.5 Å². The number of methoxy groups -OCH3 is 2. The van der Waals surface area contributed by atoms with Crippen molar-refractivity contribution in [3.8, 4) is 11.5 Å². The van der Waals surface area contributed by atoms with E-state index in [9.17, 15) is 0 Å². The van der Waals surface area contributed by atoms with Crippen molar-refractivity contribution in [2.24, 2.45) is 16.6 Å². The van der Waals surface area contributed by atoms with Gasteiger partial charge in [0.1, 0.15) is 17.3 Å². The van der Waals surface area contributed by atoms with Crippen LogP contribution in [0.25, 0.3) is 0 Å². The van der Waals surface area contributed by atoms with Crippen LogP contribution in [-0.4, -0.2) is 38.3 Å². The number of ether oxygens (including phenoxy) is 2. The Hall–Kier alpha value is -2.23. The van der Waals surface area contributed by atoms with E-state index in [2.05, 4.69) is 39.2 Å². The molecule has 2 aromatic rings. The zero-order chi connectivity index (χ0) is 19.9. The Morgan fingerprint density at radius 1 is 1.21 bits per heavy atom. The lowest BCUT2D eigenvalue weighted by Gasteiger charge is -2.31. The van der Waals surface area contributed by atoms with Gasteiger partial charge in [0, 0.05) is 25.4 Å². The van der Waals surface area contributed by atoms with Crippen LogP contribution in [0.15, 0.2) is 41.5 Å². The number of piperidine rings is 1. The van der Waals surface area contributed by atoms with Crippen molar-refractivity contribution in [2.45, 2.75) is 26.3 Å². The molecular formula is C21H30IN5O2. The van der Waals surface area contributed by atoms with Gasteiger partial charge in [0.15, 0.2) is 5.96 Å². The smallest absolute Gasteiger partial charge is 0.193 e. The second-order valence-electron chi connectivity index (χ2n) is 7.09. The molecule has 0 bridgehead atoms. The van der Waals surface area contributed by atoms with Gasteiger partial charge >= 0.3 is 0 Å². The van der Waals surface area contributed by atoms with Crippen molar-refractivity contribution < 1.29 is 9.47 Å². The highest BCUT2D eigenvalue weighted by atomic mass is 127. The molecule has 0 spiro atoms. The number of rotatable bonds is 6. The van der Waals surface area contributed by atoms with E-state index in [-0.39, 0.29) is 24.0 Å². The van der Waals surface area contributed by atoms with Gasteiger partial charge in [-0.15, -0.1) is 24.0 Å². The predicted molar refractivity (Wildman–Crippen MR) is 129 cm³/mol. The first kappa shape index (κ1) is 23.1. The molecule has 0 radical (unpaired) electrons. The third-order valence-corrected chi connectivity index (χ3v) is 5.02. The minimum atomic E-state index is 0. The molecule has 0 atom stereocenters. The Labute approximate surface area is 189 Å². The topological polar surface area (TPSA) is 85.0 Å². The maximum Gasteiger partial charge on any atom is 0.193 e. The molecular weight excluding hydrogens is 481 g/mol. The highest BCUT2D eigenvalue weighted by molar-refractivity contribution is 14.0. The van der Waals surface area contributed by atoms with E-state index in [1.807, 2.05) is 24.4 Å². The molecule has 0 amide bonds. The summed E-state index contributed by atoms with van der Waals surface area (Å²) in [5.74, 6) is 3.53. The van der Waals surface area contributed by atoms with E-state index in [1.165, 1.54) is 12.8 Å². The summed E-state index contributed by atoms with van der Waals surface area (Å²) in [4.78, 5) is 11.3. The maximum absolute atomic E-state index is 6.04. The number of nitrogens with zero attached hydrogens (tertiary/aromatic N) is 3. The second-order valence-corrected chi connectivity index (χ2v) is 7.09. The fourth-order valence-electron chi connectivity index (χ4n) is 3.20. The third-order valence-electron chi connectivity index (χ3n) is 5.02. The fraction of sp³-hybridized carbons (Fsp3) is 0.429. The van der Waals surface area contributed by atoms with Crippen LogP contribution in [0, 0.1) is 5.92 Å². The summed E-state index contributed by atoms with van der Waals surface area (Å²) >= 11 is 0. The minimum absolute atomic E-state index is 0. The quantitative estimate of drug-likeness (QED) is 0.348. The van der Waals surface area contributed by atoms with Gasteiger partial charge in [-0.25, -0.2) is 9.98 Å². The zero-order valence-electron chi connectivity index (χ0n) is 17.2. The van der Waals surface area contributed by atoms with Crippen molar-refractivity contribution in [2.75, 3.05) is 37.5 Å². The molecule has 1 fully saturated rings. The first-order valence-corrected chi connectivity index (χ1v) is 9.58. The summed E-state index contributed by atoms with van der Waals surface area (Å²) in [5, 5.41) is 3.07. The number of anilines is 2. The first-order chi connectivity index (χ1) is 13.6. The van der Waals surface area contributed by atoms with Crippen LogP contribution in [0.5, 0.6) is 11.5 Å². The Morgan fingerprint density at radius 3 is 2.59 bits per heavy atom. The number of benzene rings is 1. The molecule has 0 unspecified atom stereocenters. The predicted octanol–water partition coefficient (Wildman–Crippen LogP) is 3.88. The summed E-state index contributed by atoms with van der Waals surface area (Å²) < 4.78 is 10.6. The van der Waals surface area contributed by atoms with E-state index < -0.39 is 0 Å². The number of halogens is 1. The molecule has 29 heavy (non-hydrogen) atoms. The second kappa shape index (κ2) is 11.1. The lowest BCUT2D eigenvalue weighted by atomic mass is 9.99. The summed E-state index contributed by atoms with van der Waals surface area (Å²) in [6.45, 7) is 4.91. The standard InChI is InChI=1S/C21H29N5O2.HI/c1-15-8-10-26(11-9-15)20-7-4-16(13-23-20)14-24-21(22)25-18-12-17(27-2)5-6-19(18)28-3;/h4-7,12-13,15H,8-11,14H2,1-3H3,(H3,22,24,25);1H. The van der Waals surface area contributed by atoms with E-state index in [1.54, 1.807) is 14.2 Å². The minimum Gasteiger partial charge on any atom is -0.497 e. The molecule has 158 valence electrons. The van der Waals surface area contributed by atoms with Crippen molar-refractivity contribution in [3.05, 3.63) is 42.1 Å². The molecule has 1 saturated heterocycles. The molecule has 1 aromatic carbocycles. The van der Waals surface area contributed by atoms with E-state index >= 15 is 0 Å². The van der Waals surface area contributed by atoms with E-state index in [0.717, 1.165) is 30.4 Å². The van der Waals surface area contributed by atoms with Crippen LogP contribution in [0.1, 0.15) is 25.3 Å². The van der Waals surface area contributed by atoms with Crippen LogP contribution in [-0.2, 0) is 6.54 Å². The van der Waals surface area contributed by atoms with Crippen molar-refractivity contribution in [1.29, 1.82) is 0 Å². The fourth-order valence-corrected chi connectivity index (χ4v) is 3.20. The molecule has 1 aromatic heterocycles. The SMILES string of the molecule is COc1ccc(OC)c(NC(N)=NCc2ccc(N3CCC(C)CC3)nc2)c1.I. The van der Waals surface area contributed by atoms with Crippen LogP contribution >= 0.6 is 24.0 Å². The van der Waals surface area contributed by atoms with Gasteiger partial charge in [-0.1, -0.05) is 13.0 Å². The molecule has 0 aliphatic carbocycles. The Kier molecular flexibility index (Phi) is 8.81. The number of guanidine groups is 1. The average molecular weight is 511 g/mol. The number of hydrogen-bond donors (Lipinski definition) is 2. The van der Waals surface area contributed by atoms with Gasteiger partial charge in [0.25, 0.3) is 0 Å². The monoisotopic (exact) mass is 511 g/mol. The molecule has 1 aliphatic rings. The summed E-state index contributed by atoms with van der Waals surface area (Å²) in [6.07, 6.45) is 4.32. The number of nitrogens with two attached hydrogens (primary N) is 1. The number of aromatic nitrogens is 1. The largest absolute Gasteiger partial charge is 0.497 e. The van der Waals surface area contributed by atoms with E-state index in [4.69, 9.17) is 15.2 Å². The normalized spacial score (nSPS) is 14.9. The zero-order valence-corrected chi connectivity index (χ0v) is 19.6.